The summed E-state index contributed by atoms with van der Waals surface area (Å²) in [5, 5.41) is 0.869. The minimum absolute atomic E-state index is 0.0108. The lowest BCUT2D eigenvalue weighted by Gasteiger charge is -2.36. The van der Waals surface area contributed by atoms with Crippen LogP contribution in [0.5, 0.6) is 0 Å². The molecule has 0 aromatic heterocycles. The van der Waals surface area contributed by atoms with Crippen molar-refractivity contribution in [3.05, 3.63) is 132 Å². The highest BCUT2D eigenvalue weighted by Crippen LogP contribution is 2.29. The first-order valence-corrected chi connectivity index (χ1v) is 12.1. The van der Waals surface area contributed by atoms with Gasteiger partial charge in [0.05, 0.1) is 0 Å². The fourth-order valence-electron chi connectivity index (χ4n) is 3.86. The third-order valence-corrected chi connectivity index (χ3v) is 6.07. The predicted octanol–water partition coefficient (Wildman–Crippen LogP) is 6.25. The van der Waals surface area contributed by atoms with Crippen molar-refractivity contribution in [2.24, 2.45) is 0 Å². The number of amides is 2. The van der Waals surface area contributed by atoms with E-state index in [0.717, 1.165) is 27.3 Å². The Morgan fingerprint density at radius 3 is 1.71 bits per heavy atom. The number of carbonyl (C=O) groups is 3. The van der Waals surface area contributed by atoms with Gasteiger partial charge in [0.15, 0.2) is 6.29 Å². The van der Waals surface area contributed by atoms with E-state index in [1.165, 1.54) is 6.92 Å². The van der Waals surface area contributed by atoms with Crippen molar-refractivity contribution in [1.82, 2.24) is 10.4 Å². The monoisotopic (exact) mass is 508 g/mol. The molecular weight excluding hydrogens is 480 g/mol. The first kappa shape index (κ1) is 26.2. The Balaban J connectivity index is 1.57. The van der Waals surface area contributed by atoms with Gasteiger partial charge < -0.3 is 14.3 Å². The number of hydrogen-bond donors (Lipinski definition) is 1. The van der Waals surface area contributed by atoms with Crippen LogP contribution in [0.4, 0.5) is 9.59 Å². The van der Waals surface area contributed by atoms with Gasteiger partial charge in [-0.25, -0.2) is 15.0 Å². The lowest BCUT2D eigenvalue weighted by Crippen LogP contribution is -2.58. The average Bonchev–Trinajstić information content (AvgIpc) is 2.99. The summed E-state index contributed by atoms with van der Waals surface area (Å²) < 4.78 is 10.8. The normalized spacial score (nSPS) is 12.0. The summed E-state index contributed by atoms with van der Waals surface area (Å²) >= 11 is 0. The van der Waals surface area contributed by atoms with E-state index in [1.54, 1.807) is 24.3 Å². The second kappa shape index (κ2) is 12.4. The SMILES string of the molecule is CC(C=O)(c1ccc(-c2ccccc2)cc1)N(NC(=O)OCc1ccccc1)C(=O)OCc1ccccc1. The molecule has 4 rings (SSSR count). The predicted molar refractivity (Wildman–Crippen MR) is 144 cm³/mol. The van der Waals surface area contributed by atoms with Gasteiger partial charge in [-0.1, -0.05) is 115 Å². The molecular formula is C31H28N2O5. The average molecular weight is 509 g/mol. The highest BCUT2D eigenvalue weighted by Gasteiger charge is 2.40. The molecule has 0 fully saturated rings. The van der Waals surface area contributed by atoms with Crippen molar-refractivity contribution in [3.63, 3.8) is 0 Å². The standard InChI is InChI=1S/C31H28N2O5/c1-31(23-34,28-19-17-27(18-20-28)26-15-9-4-10-16-26)33(30(36)38-22-25-13-7-3-8-14-25)32-29(35)37-21-24-11-5-2-6-12-24/h2-20,23H,21-22H2,1H3,(H,32,35). The quantitative estimate of drug-likeness (QED) is 0.225. The highest BCUT2D eigenvalue weighted by molar-refractivity contribution is 5.81. The van der Waals surface area contributed by atoms with Gasteiger partial charge in [-0.15, -0.1) is 0 Å². The minimum Gasteiger partial charge on any atom is -0.443 e. The van der Waals surface area contributed by atoms with Gasteiger partial charge in [0.25, 0.3) is 0 Å². The van der Waals surface area contributed by atoms with E-state index in [4.69, 9.17) is 9.47 Å². The van der Waals surface area contributed by atoms with Gasteiger partial charge in [0, 0.05) is 0 Å². The molecule has 0 aliphatic heterocycles. The fraction of sp³-hybridized carbons (Fsp3) is 0.129. The number of ether oxygens (including phenoxy) is 2. The maximum Gasteiger partial charge on any atom is 0.430 e. The van der Waals surface area contributed by atoms with Crippen LogP contribution in [-0.4, -0.2) is 23.5 Å². The van der Waals surface area contributed by atoms with Gasteiger partial charge in [-0.05, 0) is 34.7 Å². The zero-order valence-electron chi connectivity index (χ0n) is 20.9. The number of rotatable bonds is 8. The van der Waals surface area contributed by atoms with Gasteiger partial charge in [-0.3, -0.25) is 0 Å². The Morgan fingerprint density at radius 2 is 1.18 bits per heavy atom. The van der Waals surface area contributed by atoms with Crippen LogP contribution in [0.25, 0.3) is 11.1 Å². The summed E-state index contributed by atoms with van der Waals surface area (Å²) in [7, 11) is 0. The summed E-state index contributed by atoms with van der Waals surface area (Å²) in [6.45, 7) is 1.47. The topological polar surface area (TPSA) is 84.9 Å². The van der Waals surface area contributed by atoms with Gasteiger partial charge in [0.1, 0.15) is 18.8 Å². The molecule has 0 radical (unpaired) electrons. The first-order chi connectivity index (χ1) is 18.5. The van der Waals surface area contributed by atoms with E-state index in [9.17, 15) is 14.4 Å². The van der Waals surface area contributed by atoms with Gasteiger partial charge >= 0.3 is 12.2 Å². The maximum absolute atomic E-state index is 13.3. The zero-order valence-corrected chi connectivity index (χ0v) is 20.9. The summed E-state index contributed by atoms with van der Waals surface area (Å²) in [6.07, 6.45) is -1.22. The molecule has 1 atom stereocenters. The van der Waals surface area contributed by atoms with Crippen molar-refractivity contribution < 1.29 is 23.9 Å². The molecule has 0 heterocycles. The molecule has 0 bridgehead atoms. The van der Waals surface area contributed by atoms with Crippen molar-refractivity contribution in [3.8, 4) is 11.1 Å². The molecule has 4 aromatic carbocycles. The van der Waals surface area contributed by atoms with E-state index < -0.39 is 17.7 Å². The summed E-state index contributed by atoms with van der Waals surface area (Å²) in [4.78, 5) is 38.5. The first-order valence-electron chi connectivity index (χ1n) is 12.1. The largest absolute Gasteiger partial charge is 0.443 e. The van der Waals surface area contributed by atoms with E-state index in [0.29, 0.717) is 11.8 Å². The third kappa shape index (κ3) is 6.44. The zero-order chi connectivity index (χ0) is 26.8. The molecule has 1 unspecified atom stereocenters. The molecule has 0 spiro atoms. The van der Waals surface area contributed by atoms with Crippen LogP contribution in [0.2, 0.25) is 0 Å². The minimum atomic E-state index is -1.59. The number of benzene rings is 4. The second-order valence-electron chi connectivity index (χ2n) is 8.76. The van der Waals surface area contributed by atoms with Crippen LogP contribution in [0, 0.1) is 0 Å². The van der Waals surface area contributed by atoms with Crippen LogP contribution in [0.1, 0.15) is 23.6 Å². The van der Waals surface area contributed by atoms with Crippen molar-refractivity contribution in [1.29, 1.82) is 0 Å². The van der Waals surface area contributed by atoms with Gasteiger partial charge in [-0.2, -0.15) is 5.01 Å². The van der Waals surface area contributed by atoms with E-state index >= 15 is 0 Å². The molecule has 38 heavy (non-hydrogen) atoms. The molecule has 192 valence electrons. The van der Waals surface area contributed by atoms with Crippen molar-refractivity contribution in [2.75, 3.05) is 0 Å². The number of nitrogens with one attached hydrogen (secondary N) is 1. The van der Waals surface area contributed by atoms with E-state index in [-0.39, 0.29) is 13.2 Å². The van der Waals surface area contributed by atoms with Crippen molar-refractivity contribution >= 4 is 18.5 Å². The molecule has 0 aliphatic carbocycles. The number of nitrogens with zero attached hydrogens (tertiary/aromatic N) is 1. The van der Waals surface area contributed by atoms with Crippen LogP contribution in [0.15, 0.2) is 115 Å². The van der Waals surface area contributed by atoms with Crippen LogP contribution < -0.4 is 5.43 Å². The van der Waals surface area contributed by atoms with Crippen LogP contribution >= 0.6 is 0 Å². The van der Waals surface area contributed by atoms with Gasteiger partial charge in [0.2, 0.25) is 0 Å². The Kier molecular flexibility index (Phi) is 8.51. The molecule has 1 N–H and O–H groups in total. The van der Waals surface area contributed by atoms with E-state index in [1.807, 2.05) is 91.0 Å². The smallest absolute Gasteiger partial charge is 0.430 e. The fourth-order valence-corrected chi connectivity index (χ4v) is 3.86. The second-order valence-corrected chi connectivity index (χ2v) is 8.76. The Bertz CT molecular complexity index is 1350. The highest BCUT2D eigenvalue weighted by atomic mass is 16.6. The molecule has 0 aliphatic rings. The van der Waals surface area contributed by atoms with Crippen LogP contribution in [0.3, 0.4) is 0 Å². The summed E-state index contributed by atoms with van der Waals surface area (Å²) in [5.74, 6) is 0. The lowest BCUT2D eigenvalue weighted by atomic mass is 9.91. The number of hydrazine groups is 1. The number of aldehydes is 1. The molecule has 0 saturated heterocycles. The van der Waals surface area contributed by atoms with Crippen LogP contribution in [-0.2, 0) is 33.0 Å². The summed E-state index contributed by atoms with van der Waals surface area (Å²) in [6, 6.07) is 35.2. The Labute approximate surface area is 221 Å². The third-order valence-electron chi connectivity index (χ3n) is 6.07. The molecule has 7 nitrogen and oxygen atoms in total. The summed E-state index contributed by atoms with van der Waals surface area (Å²) in [5.41, 5.74) is 4.80. The molecule has 4 aromatic rings. The van der Waals surface area contributed by atoms with E-state index in [2.05, 4.69) is 5.43 Å². The Hall–Kier alpha value is -4.91. The number of carbonyl (C=O) groups excluding carboxylic acids is 3. The molecule has 0 saturated carbocycles. The van der Waals surface area contributed by atoms with Crippen molar-refractivity contribution in [2.45, 2.75) is 25.7 Å². The molecule has 7 heteroatoms. The Morgan fingerprint density at radius 1 is 0.711 bits per heavy atom. The molecule has 2 amide bonds. The lowest BCUT2D eigenvalue weighted by molar-refractivity contribution is -0.119. The maximum atomic E-state index is 13.3. The number of hydrogen-bond acceptors (Lipinski definition) is 5.